The highest BCUT2D eigenvalue weighted by Crippen LogP contribution is 2.35. The van der Waals surface area contributed by atoms with Gasteiger partial charge in [0, 0.05) is 18.2 Å². The molecule has 1 aromatic rings. The first-order valence-corrected chi connectivity index (χ1v) is 6.17. The maximum absolute atomic E-state index is 11.2. The van der Waals surface area contributed by atoms with Crippen molar-refractivity contribution >= 4 is 15.5 Å². The average molecular weight is 213 g/mol. The standard InChI is InChI=1S/C9H11NO3S/c1-14(11,12)8-5-6-3-2-4-7(10)9(6)13-8/h2-4,8H,5,10H2,1H3. The number of rotatable bonds is 1. The lowest BCUT2D eigenvalue weighted by atomic mass is 10.1. The number of benzene rings is 1. The van der Waals surface area contributed by atoms with Crippen molar-refractivity contribution in [3.05, 3.63) is 23.8 Å². The second kappa shape index (κ2) is 2.88. The number of fused-ring (bicyclic) bond motifs is 1. The van der Waals surface area contributed by atoms with Gasteiger partial charge in [0.25, 0.3) is 0 Å². The second-order valence-electron chi connectivity index (χ2n) is 3.42. The summed E-state index contributed by atoms with van der Waals surface area (Å²) >= 11 is 0. The first kappa shape index (κ1) is 9.33. The molecule has 0 aromatic heterocycles. The minimum absolute atomic E-state index is 0.388. The van der Waals surface area contributed by atoms with E-state index in [1.165, 1.54) is 6.26 Å². The summed E-state index contributed by atoms with van der Waals surface area (Å²) in [5, 5.41) is 0. The van der Waals surface area contributed by atoms with Crippen LogP contribution in [-0.4, -0.2) is 20.1 Å². The molecule has 1 heterocycles. The lowest BCUT2D eigenvalue weighted by Gasteiger charge is -2.08. The van der Waals surface area contributed by atoms with Gasteiger partial charge in [-0.1, -0.05) is 12.1 Å². The van der Waals surface area contributed by atoms with E-state index in [9.17, 15) is 8.42 Å². The minimum Gasteiger partial charge on any atom is -0.472 e. The van der Waals surface area contributed by atoms with Crippen molar-refractivity contribution in [2.75, 3.05) is 12.0 Å². The molecule has 2 rings (SSSR count). The summed E-state index contributed by atoms with van der Waals surface area (Å²) in [7, 11) is -3.16. The average Bonchev–Trinajstić information content (AvgIpc) is 2.48. The number of nitrogens with two attached hydrogens (primary N) is 1. The van der Waals surface area contributed by atoms with Gasteiger partial charge in [-0.25, -0.2) is 8.42 Å². The molecule has 0 saturated heterocycles. The van der Waals surface area contributed by atoms with Gasteiger partial charge in [-0.05, 0) is 6.07 Å². The molecule has 76 valence electrons. The number of para-hydroxylation sites is 1. The Morgan fingerprint density at radius 2 is 2.21 bits per heavy atom. The Labute approximate surface area is 82.6 Å². The lowest BCUT2D eigenvalue weighted by Crippen LogP contribution is -2.24. The third-order valence-electron chi connectivity index (χ3n) is 2.24. The first-order chi connectivity index (χ1) is 6.48. The Morgan fingerprint density at radius 1 is 1.50 bits per heavy atom. The summed E-state index contributed by atoms with van der Waals surface area (Å²) in [5.41, 5.74) is 6.24. The van der Waals surface area contributed by atoms with E-state index < -0.39 is 15.3 Å². The monoisotopic (exact) mass is 213 g/mol. The molecule has 0 radical (unpaired) electrons. The molecule has 14 heavy (non-hydrogen) atoms. The third kappa shape index (κ3) is 1.43. The third-order valence-corrected chi connectivity index (χ3v) is 3.46. The summed E-state index contributed by atoms with van der Waals surface area (Å²) in [6.45, 7) is 0. The molecule has 0 amide bonds. The second-order valence-corrected chi connectivity index (χ2v) is 5.60. The smallest absolute Gasteiger partial charge is 0.203 e. The van der Waals surface area contributed by atoms with Crippen molar-refractivity contribution in [2.24, 2.45) is 0 Å². The number of sulfone groups is 1. The van der Waals surface area contributed by atoms with Gasteiger partial charge < -0.3 is 10.5 Å². The van der Waals surface area contributed by atoms with Crippen molar-refractivity contribution in [1.29, 1.82) is 0 Å². The Bertz CT molecular complexity index is 467. The van der Waals surface area contributed by atoms with E-state index in [2.05, 4.69) is 0 Å². The Morgan fingerprint density at radius 3 is 2.79 bits per heavy atom. The number of hydrogen-bond donors (Lipinski definition) is 1. The van der Waals surface area contributed by atoms with Gasteiger partial charge in [0.1, 0.15) is 5.75 Å². The summed E-state index contributed by atoms with van der Waals surface area (Å²) in [4.78, 5) is 0. The fourth-order valence-electron chi connectivity index (χ4n) is 1.50. The van der Waals surface area contributed by atoms with Crippen LogP contribution in [0.25, 0.3) is 0 Å². The molecule has 1 atom stereocenters. The zero-order valence-electron chi connectivity index (χ0n) is 7.73. The molecule has 0 fully saturated rings. The van der Waals surface area contributed by atoms with Crippen molar-refractivity contribution in [2.45, 2.75) is 11.9 Å². The first-order valence-electron chi connectivity index (χ1n) is 4.21. The van der Waals surface area contributed by atoms with Gasteiger partial charge in [-0.15, -0.1) is 0 Å². The summed E-state index contributed by atoms with van der Waals surface area (Å²) in [6.07, 6.45) is 1.55. The maximum Gasteiger partial charge on any atom is 0.203 e. The maximum atomic E-state index is 11.2. The molecule has 0 spiro atoms. The lowest BCUT2D eigenvalue weighted by molar-refractivity contribution is 0.308. The fourth-order valence-corrected chi connectivity index (χ4v) is 2.25. The molecule has 4 nitrogen and oxygen atoms in total. The molecular weight excluding hydrogens is 202 g/mol. The minimum atomic E-state index is -3.16. The van der Waals surface area contributed by atoms with Crippen LogP contribution in [0.2, 0.25) is 0 Å². The van der Waals surface area contributed by atoms with Crippen LogP contribution in [0, 0.1) is 0 Å². The summed E-state index contributed by atoms with van der Waals surface area (Å²) < 4.78 is 27.8. The molecule has 5 heteroatoms. The molecule has 1 aromatic carbocycles. The highest BCUT2D eigenvalue weighted by molar-refractivity contribution is 7.91. The number of hydrogen-bond acceptors (Lipinski definition) is 4. The Hall–Kier alpha value is -1.23. The normalized spacial score (nSPS) is 20.2. The summed E-state index contributed by atoms with van der Waals surface area (Å²) in [5.74, 6) is 0.517. The van der Waals surface area contributed by atoms with Crippen LogP contribution in [0.5, 0.6) is 5.75 Å². The predicted molar refractivity (Wildman–Crippen MR) is 53.8 cm³/mol. The zero-order chi connectivity index (χ0) is 10.3. The van der Waals surface area contributed by atoms with E-state index in [-0.39, 0.29) is 0 Å². The van der Waals surface area contributed by atoms with Crippen LogP contribution in [-0.2, 0) is 16.3 Å². The predicted octanol–water partition coefficient (Wildman–Crippen LogP) is 0.574. The van der Waals surface area contributed by atoms with Gasteiger partial charge in [-0.2, -0.15) is 0 Å². The largest absolute Gasteiger partial charge is 0.472 e. The highest BCUT2D eigenvalue weighted by atomic mass is 32.2. The highest BCUT2D eigenvalue weighted by Gasteiger charge is 2.31. The van der Waals surface area contributed by atoms with Crippen LogP contribution in [0.3, 0.4) is 0 Å². The van der Waals surface area contributed by atoms with Crippen molar-refractivity contribution in [3.63, 3.8) is 0 Å². The van der Waals surface area contributed by atoms with E-state index in [1.54, 1.807) is 12.1 Å². The van der Waals surface area contributed by atoms with Gasteiger partial charge in [0.15, 0.2) is 9.84 Å². The molecule has 1 unspecified atom stereocenters. The van der Waals surface area contributed by atoms with Crippen LogP contribution in [0.4, 0.5) is 5.69 Å². The van der Waals surface area contributed by atoms with Crippen LogP contribution in [0.15, 0.2) is 18.2 Å². The van der Waals surface area contributed by atoms with Crippen LogP contribution in [0.1, 0.15) is 5.56 Å². The van der Waals surface area contributed by atoms with Crippen molar-refractivity contribution in [1.82, 2.24) is 0 Å². The Kier molecular flexibility index (Phi) is 1.92. The molecule has 1 aliphatic heterocycles. The van der Waals surface area contributed by atoms with Crippen LogP contribution >= 0.6 is 0 Å². The molecular formula is C9H11NO3S. The molecule has 2 N–H and O–H groups in total. The number of nitrogen functional groups attached to an aromatic ring is 1. The topological polar surface area (TPSA) is 69.4 Å². The van der Waals surface area contributed by atoms with Crippen molar-refractivity contribution < 1.29 is 13.2 Å². The van der Waals surface area contributed by atoms with Gasteiger partial charge >= 0.3 is 0 Å². The van der Waals surface area contributed by atoms with E-state index >= 15 is 0 Å². The SMILES string of the molecule is CS(=O)(=O)C1Cc2cccc(N)c2O1. The van der Waals surface area contributed by atoms with E-state index in [0.717, 1.165) is 5.56 Å². The molecule has 0 bridgehead atoms. The molecule has 0 aliphatic carbocycles. The zero-order valence-corrected chi connectivity index (χ0v) is 8.54. The van der Waals surface area contributed by atoms with Gasteiger partial charge in [0.05, 0.1) is 5.69 Å². The van der Waals surface area contributed by atoms with Gasteiger partial charge in [-0.3, -0.25) is 0 Å². The van der Waals surface area contributed by atoms with E-state index in [4.69, 9.17) is 10.5 Å². The summed E-state index contributed by atoms with van der Waals surface area (Å²) in [6, 6.07) is 5.32. The molecule has 0 saturated carbocycles. The van der Waals surface area contributed by atoms with Gasteiger partial charge in [0.2, 0.25) is 5.44 Å². The van der Waals surface area contributed by atoms with E-state index in [0.29, 0.717) is 17.9 Å². The fraction of sp³-hybridized carbons (Fsp3) is 0.333. The molecule has 1 aliphatic rings. The quantitative estimate of drug-likeness (QED) is 0.692. The van der Waals surface area contributed by atoms with Crippen LogP contribution < -0.4 is 10.5 Å². The Balaban J connectivity index is 2.40. The van der Waals surface area contributed by atoms with E-state index in [1.807, 2.05) is 6.07 Å². The number of anilines is 1. The van der Waals surface area contributed by atoms with Crippen molar-refractivity contribution in [3.8, 4) is 5.75 Å². The number of ether oxygens (including phenoxy) is 1.